The van der Waals surface area contributed by atoms with E-state index in [1.807, 2.05) is 13.0 Å². The van der Waals surface area contributed by atoms with Gasteiger partial charge in [0, 0.05) is 25.2 Å². The Morgan fingerprint density at radius 3 is 2.45 bits per heavy atom. The smallest absolute Gasteiger partial charge is 0.230 e. The standard InChI is InChI=1S/C16H20N2O2/c1-12-10-17-7-4-13(12)11-18-14(19)8-16(9-15(18)20)5-2-3-6-16/h4,7,10H,2-3,5-6,8-9,11H2,1H3. The summed E-state index contributed by atoms with van der Waals surface area (Å²) >= 11 is 0. The Hall–Kier alpha value is -1.71. The Morgan fingerprint density at radius 1 is 1.20 bits per heavy atom. The van der Waals surface area contributed by atoms with E-state index in [9.17, 15) is 9.59 Å². The molecule has 1 saturated carbocycles. The van der Waals surface area contributed by atoms with E-state index in [0.29, 0.717) is 19.4 Å². The van der Waals surface area contributed by atoms with Gasteiger partial charge in [0.2, 0.25) is 11.8 Å². The molecule has 1 saturated heterocycles. The summed E-state index contributed by atoms with van der Waals surface area (Å²) in [6, 6.07) is 1.88. The first kappa shape index (κ1) is 13.3. The van der Waals surface area contributed by atoms with E-state index in [-0.39, 0.29) is 17.2 Å². The summed E-state index contributed by atoms with van der Waals surface area (Å²) in [5, 5.41) is 0. The van der Waals surface area contributed by atoms with Gasteiger partial charge in [-0.05, 0) is 42.4 Å². The summed E-state index contributed by atoms with van der Waals surface area (Å²) in [6.45, 7) is 2.35. The van der Waals surface area contributed by atoms with Crippen LogP contribution in [0.15, 0.2) is 18.5 Å². The number of hydrogen-bond acceptors (Lipinski definition) is 3. The monoisotopic (exact) mass is 272 g/mol. The number of pyridine rings is 1. The molecule has 1 spiro atoms. The lowest BCUT2D eigenvalue weighted by Crippen LogP contribution is -2.46. The minimum atomic E-state index is -0.0159. The fourth-order valence-corrected chi connectivity index (χ4v) is 3.54. The first-order chi connectivity index (χ1) is 9.60. The molecule has 1 aliphatic heterocycles. The summed E-state index contributed by atoms with van der Waals surface area (Å²) in [6.07, 6.45) is 8.95. The molecule has 1 aliphatic carbocycles. The fraction of sp³-hybridized carbons (Fsp3) is 0.562. The number of imide groups is 1. The molecular formula is C16H20N2O2. The van der Waals surface area contributed by atoms with Crippen molar-refractivity contribution in [1.29, 1.82) is 0 Å². The number of aryl methyl sites for hydroxylation is 1. The highest BCUT2D eigenvalue weighted by Crippen LogP contribution is 2.47. The minimum Gasteiger partial charge on any atom is -0.278 e. The molecule has 0 unspecified atom stereocenters. The average Bonchev–Trinajstić information content (AvgIpc) is 2.84. The molecule has 0 bridgehead atoms. The van der Waals surface area contributed by atoms with E-state index < -0.39 is 0 Å². The number of nitrogens with zero attached hydrogens (tertiary/aromatic N) is 2. The highest BCUT2D eigenvalue weighted by molar-refractivity contribution is 5.98. The topological polar surface area (TPSA) is 50.3 Å². The lowest BCUT2D eigenvalue weighted by molar-refractivity contribution is -0.154. The molecule has 4 heteroatoms. The first-order valence-corrected chi connectivity index (χ1v) is 7.32. The normalized spacial score (nSPS) is 21.8. The van der Waals surface area contributed by atoms with E-state index in [1.165, 1.54) is 4.90 Å². The molecule has 0 atom stereocenters. The summed E-state index contributed by atoms with van der Waals surface area (Å²) in [4.78, 5) is 30.2. The number of likely N-dealkylation sites (tertiary alicyclic amines) is 1. The molecule has 0 N–H and O–H groups in total. The number of amides is 2. The van der Waals surface area contributed by atoms with Gasteiger partial charge in [-0.15, -0.1) is 0 Å². The third-order valence-corrected chi connectivity index (χ3v) is 4.78. The molecule has 2 fully saturated rings. The molecule has 0 radical (unpaired) electrons. The van der Waals surface area contributed by atoms with Crippen molar-refractivity contribution in [2.24, 2.45) is 5.41 Å². The first-order valence-electron chi connectivity index (χ1n) is 7.32. The third kappa shape index (κ3) is 2.35. The molecule has 3 rings (SSSR count). The lowest BCUT2D eigenvalue weighted by Gasteiger charge is -2.37. The van der Waals surface area contributed by atoms with Gasteiger partial charge in [0.25, 0.3) is 0 Å². The second-order valence-electron chi connectivity index (χ2n) is 6.24. The van der Waals surface area contributed by atoms with Crippen molar-refractivity contribution in [3.05, 3.63) is 29.6 Å². The molecule has 1 aromatic rings. The van der Waals surface area contributed by atoms with E-state index in [1.54, 1.807) is 12.4 Å². The number of hydrogen-bond donors (Lipinski definition) is 0. The highest BCUT2D eigenvalue weighted by Gasteiger charge is 2.44. The number of piperidine rings is 1. The maximum absolute atomic E-state index is 12.4. The number of carbonyl (C=O) groups excluding carboxylic acids is 2. The molecule has 1 aromatic heterocycles. The predicted octanol–water partition coefficient (Wildman–Crippen LogP) is 2.60. The van der Waals surface area contributed by atoms with Crippen molar-refractivity contribution in [2.45, 2.75) is 52.0 Å². The second-order valence-corrected chi connectivity index (χ2v) is 6.24. The van der Waals surface area contributed by atoms with E-state index in [0.717, 1.165) is 36.8 Å². The number of aromatic nitrogens is 1. The van der Waals surface area contributed by atoms with Crippen molar-refractivity contribution in [1.82, 2.24) is 9.88 Å². The quantitative estimate of drug-likeness (QED) is 0.778. The fourth-order valence-electron chi connectivity index (χ4n) is 3.54. The maximum atomic E-state index is 12.4. The van der Waals surface area contributed by atoms with Crippen molar-refractivity contribution in [2.75, 3.05) is 0 Å². The van der Waals surface area contributed by atoms with Crippen LogP contribution in [0.25, 0.3) is 0 Å². The van der Waals surface area contributed by atoms with Gasteiger partial charge in [0.05, 0.1) is 6.54 Å². The molecule has 4 nitrogen and oxygen atoms in total. The van der Waals surface area contributed by atoms with Crippen LogP contribution in [0.2, 0.25) is 0 Å². The van der Waals surface area contributed by atoms with Crippen LogP contribution in [-0.4, -0.2) is 21.7 Å². The summed E-state index contributed by atoms with van der Waals surface area (Å²) in [5.41, 5.74) is 2.01. The van der Waals surface area contributed by atoms with Crippen molar-refractivity contribution in [3.8, 4) is 0 Å². The third-order valence-electron chi connectivity index (χ3n) is 4.78. The van der Waals surface area contributed by atoms with Crippen molar-refractivity contribution in [3.63, 3.8) is 0 Å². The molecule has 0 aromatic carbocycles. The summed E-state index contributed by atoms with van der Waals surface area (Å²) < 4.78 is 0. The lowest BCUT2D eigenvalue weighted by atomic mass is 9.76. The molecule has 2 aliphatic rings. The number of carbonyl (C=O) groups is 2. The van der Waals surface area contributed by atoms with Gasteiger partial charge in [0.1, 0.15) is 0 Å². The van der Waals surface area contributed by atoms with Gasteiger partial charge >= 0.3 is 0 Å². The summed E-state index contributed by atoms with van der Waals surface area (Å²) in [5.74, 6) is -0.00118. The highest BCUT2D eigenvalue weighted by atomic mass is 16.2. The van der Waals surface area contributed by atoms with E-state index >= 15 is 0 Å². The Bertz CT molecular complexity index is 527. The van der Waals surface area contributed by atoms with Gasteiger partial charge in [-0.25, -0.2) is 0 Å². The molecule has 2 amide bonds. The second kappa shape index (κ2) is 5.00. The van der Waals surface area contributed by atoms with E-state index in [2.05, 4.69) is 4.98 Å². The summed E-state index contributed by atoms with van der Waals surface area (Å²) in [7, 11) is 0. The molecule has 106 valence electrons. The van der Waals surface area contributed by atoms with Crippen molar-refractivity contribution >= 4 is 11.8 Å². The average molecular weight is 272 g/mol. The van der Waals surface area contributed by atoms with Crippen LogP contribution < -0.4 is 0 Å². The molecular weight excluding hydrogens is 252 g/mol. The molecule has 2 heterocycles. The largest absolute Gasteiger partial charge is 0.278 e. The van der Waals surface area contributed by atoms with Gasteiger partial charge in [-0.3, -0.25) is 19.5 Å². The van der Waals surface area contributed by atoms with Gasteiger partial charge < -0.3 is 0 Å². The van der Waals surface area contributed by atoms with Crippen LogP contribution in [0.3, 0.4) is 0 Å². The predicted molar refractivity (Wildman–Crippen MR) is 74.7 cm³/mol. The van der Waals surface area contributed by atoms with E-state index in [4.69, 9.17) is 0 Å². The Balaban J connectivity index is 1.77. The van der Waals surface area contributed by atoms with Crippen LogP contribution >= 0.6 is 0 Å². The van der Waals surface area contributed by atoms with Gasteiger partial charge in [0.15, 0.2) is 0 Å². The van der Waals surface area contributed by atoms with Crippen LogP contribution in [0.1, 0.15) is 49.7 Å². The zero-order valence-corrected chi connectivity index (χ0v) is 11.9. The Labute approximate surface area is 119 Å². The molecule has 20 heavy (non-hydrogen) atoms. The Morgan fingerprint density at radius 2 is 1.85 bits per heavy atom. The van der Waals surface area contributed by atoms with Crippen LogP contribution in [0, 0.1) is 12.3 Å². The van der Waals surface area contributed by atoms with Gasteiger partial charge in [-0.2, -0.15) is 0 Å². The van der Waals surface area contributed by atoms with Crippen LogP contribution in [0.5, 0.6) is 0 Å². The van der Waals surface area contributed by atoms with Crippen LogP contribution in [-0.2, 0) is 16.1 Å². The minimum absolute atomic E-state index is 0.000591. The van der Waals surface area contributed by atoms with Crippen molar-refractivity contribution < 1.29 is 9.59 Å². The van der Waals surface area contributed by atoms with Gasteiger partial charge in [-0.1, -0.05) is 12.8 Å². The zero-order valence-electron chi connectivity index (χ0n) is 11.9. The zero-order chi connectivity index (χ0) is 14.2. The Kier molecular flexibility index (Phi) is 3.32. The van der Waals surface area contributed by atoms with Crippen LogP contribution in [0.4, 0.5) is 0 Å². The SMILES string of the molecule is Cc1cnccc1CN1C(=O)CC2(CCCC2)CC1=O. The number of rotatable bonds is 2. The maximum Gasteiger partial charge on any atom is 0.230 e.